The number of halogens is 2. The van der Waals surface area contributed by atoms with E-state index in [0.717, 1.165) is 31.9 Å². The van der Waals surface area contributed by atoms with Gasteiger partial charge in [-0.15, -0.1) is 0 Å². The number of benzene rings is 1. The van der Waals surface area contributed by atoms with Crippen LogP contribution in [0, 0.1) is 5.82 Å². The van der Waals surface area contributed by atoms with Crippen LogP contribution in [-0.4, -0.2) is 28.7 Å². The van der Waals surface area contributed by atoms with Crippen LogP contribution in [0.1, 0.15) is 47.1 Å². The Kier molecular flexibility index (Phi) is 3.62. The summed E-state index contributed by atoms with van der Waals surface area (Å²) in [6.07, 6.45) is 3.92. The van der Waals surface area contributed by atoms with Gasteiger partial charge in [0.05, 0.1) is 15.9 Å². The molecular formula is C17H16ClFN2O3. The van der Waals surface area contributed by atoms with Crippen LogP contribution in [0.4, 0.5) is 4.39 Å². The maximum atomic E-state index is 14.7. The molecule has 1 saturated heterocycles. The summed E-state index contributed by atoms with van der Waals surface area (Å²) in [6.45, 7) is 1.44. The van der Waals surface area contributed by atoms with Crippen molar-refractivity contribution in [3.05, 3.63) is 44.5 Å². The number of rotatable bonds is 3. The minimum atomic E-state index is -1.31. The van der Waals surface area contributed by atoms with Gasteiger partial charge in [-0.1, -0.05) is 11.6 Å². The highest BCUT2D eigenvalue weighted by molar-refractivity contribution is 6.36. The van der Waals surface area contributed by atoms with E-state index in [1.165, 1.54) is 6.20 Å². The molecule has 5 nitrogen and oxygen atoms in total. The molecule has 0 radical (unpaired) electrons. The maximum Gasteiger partial charge on any atom is 0.341 e. The lowest BCUT2D eigenvalue weighted by molar-refractivity contribution is 0.0695. The van der Waals surface area contributed by atoms with Crippen molar-refractivity contribution in [2.75, 3.05) is 13.1 Å². The van der Waals surface area contributed by atoms with Crippen LogP contribution >= 0.6 is 11.6 Å². The molecule has 2 heterocycles. The molecule has 0 spiro atoms. The number of nitrogens with zero attached hydrogens (tertiary/aromatic N) is 1. The predicted octanol–water partition coefficient (Wildman–Crippen LogP) is 2.90. The van der Waals surface area contributed by atoms with Crippen LogP contribution in [0.2, 0.25) is 5.02 Å². The van der Waals surface area contributed by atoms with Crippen molar-refractivity contribution >= 4 is 28.5 Å². The fourth-order valence-electron chi connectivity index (χ4n) is 3.52. The zero-order chi connectivity index (χ0) is 17.0. The molecule has 126 valence electrons. The second-order valence-electron chi connectivity index (χ2n) is 6.49. The van der Waals surface area contributed by atoms with Crippen molar-refractivity contribution < 1.29 is 14.3 Å². The molecule has 1 aliphatic heterocycles. The summed E-state index contributed by atoms with van der Waals surface area (Å²) in [5.41, 5.74) is -0.157. The first-order valence-electron chi connectivity index (χ1n) is 7.99. The van der Waals surface area contributed by atoms with Crippen LogP contribution in [0.5, 0.6) is 0 Å². The molecule has 2 aliphatic rings. The number of hydrogen-bond acceptors (Lipinski definition) is 3. The van der Waals surface area contributed by atoms with Gasteiger partial charge in [-0.2, -0.15) is 0 Å². The van der Waals surface area contributed by atoms with E-state index in [1.54, 1.807) is 4.57 Å². The van der Waals surface area contributed by atoms with Crippen LogP contribution in [0.25, 0.3) is 10.9 Å². The highest BCUT2D eigenvalue weighted by Gasteiger charge is 2.31. The minimum absolute atomic E-state index is 0.0381. The number of aromatic carboxylic acids is 1. The minimum Gasteiger partial charge on any atom is -0.477 e. The molecule has 24 heavy (non-hydrogen) atoms. The van der Waals surface area contributed by atoms with Gasteiger partial charge >= 0.3 is 5.97 Å². The largest absolute Gasteiger partial charge is 0.477 e. The molecule has 1 atom stereocenters. The number of hydrogen-bond donors (Lipinski definition) is 2. The Morgan fingerprint density at radius 3 is 2.71 bits per heavy atom. The summed E-state index contributed by atoms with van der Waals surface area (Å²) in [4.78, 5) is 23.8. The molecular weight excluding hydrogens is 335 g/mol. The Balaban J connectivity index is 2.07. The van der Waals surface area contributed by atoms with Gasteiger partial charge in [0.1, 0.15) is 11.4 Å². The summed E-state index contributed by atoms with van der Waals surface area (Å²) >= 11 is 6.53. The van der Waals surface area contributed by atoms with E-state index in [-0.39, 0.29) is 27.9 Å². The van der Waals surface area contributed by atoms with E-state index in [4.69, 9.17) is 11.6 Å². The smallest absolute Gasteiger partial charge is 0.341 e. The SMILES string of the molecule is O=C(O)c1cn(C2CC2)c2c(Cl)c([C@@H]3CCNC3)c(F)cc2c1=O. The summed E-state index contributed by atoms with van der Waals surface area (Å²) in [5.74, 6) is -1.89. The molecule has 1 aliphatic carbocycles. The number of carboxylic acid groups (broad SMARTS) is 1. The van der Waals surface area contributed by atoms with Crippen LogP contribution < -0.4 is 10.7 Å². The van der Waals surface area contributed by atoms with E-state index in [0.29, 0.717) is 17.6 Å². The third-order valence-corrected chi connectivity index (χ3v) is 5.27. The number of carbonyl (C=O) groups is 1. The Hall–Kier alpha value is -1.92. The Morgan fingerprint density at radius 1 is 1.38 bits per heavy atom. The molecule has 0 unspecified atom stereocenters. The van der Waals surface area contributed by atoms with Crippen molar-refractivity contribution in [2.45, 2.75) is 31.2 Å². The van der Waals surface area contributed by atoms with Gasteiger partial charge in [-0.25, -0.2) is 9.18 Å². The van der Waals surface area contributed by atoms with Gasteiger partial charge in [-0.05, 0) is 31.9 Å². The van der Waals surface area contributed by atoms with E-state index >= 15 is 0 Å². The predicted molar refractivity (Wildman–Crippen MR) is 88.6 cm³/mol. The molecule has 1 aromatic carbocycles. The van der Waals surface area contributed by atoms with Crippen molar-refractivity contribution in [1.82, 2.24) is 9.88 Å². The third kappa shape index (κ3) is 2.32. The third-order valence-electron chi connectivity index (χ3n) is 4.88. The fourth-order valence-corrected chi connectivity index (χ4v) is 3.97. The van der Waals surface area contributed by atoms with E-state index in [1.807, 2.05) is 0 Å². The van der Waals surface area contributed by atoms with Crippen molar-refractivity contribution in [2.24, 2.45) is 0 Å². The van der Waals surface area contributed by atoms with Gasteiger partial charge in [0, 0.05) is 30.3 Å². The first-order valence-corrected chi connectivity index (χ1v) is 8.37. The molecule has 2 fully saturated rings. The van der Waals surface area contributed by atoms with Crippen molar-refractivity contribution in [3.8, 4) is 0 Å². The monoisotopic (exact) mass is 350 g/mol. The Bertz CT molecular complexity index is 914. The maximum absolute atomic E-state index is 14.7. The molecule has 1 aromatic heterocycles. The van der Waals surface area contributed by atoms with Gasteiger partial charge < -0.3 is 15.0 Å². The summed E-state index contributed by atoms with van der Waals surface area (Å²) in [6, 6.07) is 1.27. The molecule has 2 N–H and O–H groups in total. The highest BCUT2D eigenvalue weighted by Crippen LogP contribution is 2.41. The lowest BCUT2D eigenvalue weighted by Gasteiger charge is -2.18. The number of carboxylic acids is 1. The summed E-state index contributed by atoms with van der Waals surface area (Å²) in [5, 5.41) is 12.7. The van der Waals surface area contributed by atoms with Crippen LogP contribution in [0.15, 0.2) is 17.1 Å². The lowest BCUT2D eigenvalue weighted by atomic mass is 9.95. The van der Waals surface area contributed by atoms with Crippen molar-refractivity contribution in [1.29, 1.82) is 0 Å². The molecule has 0 bridgehead atoms. The second-order valence-corrected chi connectivity index (χ2v) is 6.87. The fraction of sp³-hybridized carbons (Fsp3) is 0.412. The highest BCUT2D eigenvalue weighted by atomic mass is 35.5. The first-order chi connectivity index (χ1) is 11.5. The number of aromatic nitrogens is 1. The van der Waals surface area contributed by atoms with Crippen LogP contribution in [-0.2, 0) is 0 Å². The van der Waals surface area contributed by atoms with E-state index in [2.05, 4.69) is 5.32 Å². The number of fused-ring (bicyclic) bond motifs is 1. The molecule has 1 saturated carbocycles. The molecule has 2 aromatic rings. The standard InChI is InChI=1S/C17H16ClFN2O3/c18-14-13(8-3-4-20-6-8)12(19)5-10-15(14)21(9-1-2-9)7-11(16(10)22)17(23)24/h5,7-9,20H,1-4,6H2,(H,23,24)/t8-/m1/s1. The average molecular weight is 351 g/mol. The zero-order valence-electron chi connectivity index (χ0n) is 12.8. The van der Waals surface area contributed by atoms with E-state index in [9.17, 15) is 19.1 Å². The van der Waals surface area contributed by atoms with Gasteiger partial charge in [0.15, 0.2) is 0 Å². The summed E-state index contributed by atoms with van der Waals surface area (Å²) < 4.78 is 16.4. The average Bonchev–Trinajstić information content (AvgIpc) is 3.24. The van der Waals surface area contributed by atoms with Crippen molar-refractivity contribution in [3.63, 3.8) is 0 Å². The Morgan fingerprint density at radius 2 is 2.12 bits per heavy atom. The molecule has 0 amide bonds. The number of pyridine rings is 1. The van der Waals surface area contributed by atoms with Gasteiger partial charge in [0.25, 0.3) is 0 Å². The molecule has 7 heteroatoms. The second kappa shape index (κ2) is 5.57. The lowest BCUT2D eigenvalue weighted by Crippen LogP contribution is -2.20. The number of nitrogens with one attached hydrogen (secondary N) is 1. The normalized spacial score (nSPS) is 20.7. The zero-order valence-corrected chi connectivity index (χ0v) is 13.6. The van der Waals surface area contributed by atoms with E-state index < -0.39 is 17.2 Å². The quantitative estimate of drug-likeness (QED) is 0.893. The topological polar surface area (TPSA) is 71.3 Å². The van der Waals surface area contributed by atoms with Crippen LogP contribution in [0.3, 0.4) is 0 Å². The summed E-state index contributed by atoms with van der Waals surface area (Å²) in [7, 11) is 0. The Labute approximate surface area is 142 Å². The van der Waals surface area contributed by atoms with Gasteiger partial charge in [-0.3, -0.25) is 4.79 Å². The molecule has 4 rings (SSSR count). The first kappa shape index (κ1) is 15.6. The van der Waals surface area contributed by atoms with Gasteiger partial charge in [0.2, 0.25) is 5.43 Å².